The van der Waals surface area contributed by atoms with Gasteiger partial charge >= 0.3 is 0 Å². The van der Waals surface area contributed by atoms with Crippen LogP contribution in [0.5, 0.6) is 0 Å². The average molecular weight is 407 g/mol. The van der Waals surface area contributed by atoms with Crippen LogP contribution < -0.4 is 4.90 Å². The van der Waals surface area contributed by atoms with Crippen LogP contribution >= 0.6 is 0 Å². The van der Waals surface area contributed by atoms with Crippen LogP contribution in [0.2, 0.25) is 0 Å². The van der Waals surface area contributed by atoms with E-state index in [-0.39, 0.29) is 16.7 Å². The molecule has 28 heavy (non-hydrogen) atoms. The van der Waals surface area contributed by atoms with Crippen molar-refractivity contribution in [3.63, 3.8) is 0 Å². The van der Waals surface area contributed by atoms with Gasteiger partial charge in [-0.15, -0.1) is 0 Å². The minimum Gasteiger partial charge on any atom is -0.342 e. The Kier molecular flexibility index (Phi) is 5.58. The molecule has 0 bridgehead atoms. The predicted octanol–water partition coefficient (Wildman–Crippen LogP) is 2.38. The minimum atomic E-state index is -3.39. The minimum absolute atomic E-state index is 0.0571. The lowest BCUT2D eigenvalue weighted by molar-refractivity contribution is -0.136. The third kappa shape index (κ3) is 4.02. The SMILES string of the molecule is CS(=O)(=O)c1cnc(N2CCCC2)nc1C1CCN(C(=O)C2CCCC2)CC1. The van der Waals surface area contributed by atoms with Gasteiger partial charge in [0, 0.05) is 44.3 Å². The molecule has 1 aliphatic carbocycles. The molecule has 0 N–H and O–H groups in total. The summed E-state index contributed by atoms with van der Waals surface area (Å²) < 4.78 is 24.6. The van der Waals surface area contributed by atoms with Crippen LogP contribution in [-0.2, 0) is 14.6 Å². The summed E-state index contributed by atoms with van der Waals surface area (Å²) in [6.07, 6.45) is 10.8. The summed E-state index contributed by atoms with van der Waals surface area (Å²) in [6.45, 7) is 3.22. The number of hydrogen-bond donors (Lipinski definition) is 0. The van der Waals surface area contributed by atoms with Crippen molar-refractivity contribution in [2.24, 2.45) is 5.92 Å². The lowest BCUT2D eigenvalue weighted by Crippen LogP contribution is -2.41. The molecule has 2 saturated heterocycles. The number of aromatic nitrogens is 2. The Labute approximate surface area is 167 Å². The second-order valence-electron chi connectivity index (χ2n) is 8.47. The molecule has 154 valence electrons. The first-order valence-corrected chi connectivity index (χ1v) is 12.4. The summed E-state index contributed by atoms with van der Waals surface area (Å²) >= 11 is 0. The first-order valence-electron chi connectivity index (χ1n) is 10.5. The number of likely N-dealkylation sites (tertiary alicyclic amines) is 1. The molecule has 0 atom stereocenters. The fourth-order valence-corrected chi connectivity index (χ4v) is 5.66. The van der Waals surface area contributed by atoms with Gasteiger partial charge in [0.1, 0.15) is 4.90 Å². The van der Waals surface area contributed by atoms with Crippen molar-refractivity contribution in [1.82, 2.24) is 14.9 Å². The molecule has 1 aromatic heterocycles. The largest absolute Gasteiger partial charge is 0.342 e. The van der Waals surface area contributed by atoms with Crippen LogP contribution in [0.4, 0.5) is 5.95 Å². The third-order valence-electron chi connectivity index (χ3n) is 6.46. The van der Waals surface area contributed by atoms with Gasteiger partial charge in [0.2, 0.25) is 11.9 Å². The van der Waals surface area contributed by atoms with Crippen LogP contribution in [-0.4, -0.2) is 61.6 Å². The molecule has 1 aromatic rings. The van der Waals surface area contributed by atoms with E-state index in [1.165, 1.54) is 12.5 Å². The topological polar surface area (TPSA) is 83.5 Å². The van der Waals surface area contributed by atoms with Gasteiger partial charge in [-0.1, -0.05) is 12.8 Å². The summed E-state index contributed by atoms with van der Waals surface area (Å²) in [5.74, 6) is 1.19. The van der Waals surface area contributed by atoms with Crippen LogP contribution in [0.15, 0.2) is 11.1 Å². The van der Waals surface area contributed by atoms with E-state index in [4.69, 9.17) is 4.98 Å². The number of nitrogens with zero attached hydrogens (tertiary/aromatic N) is 4. The smallest absolute Gasteiger partial charge is 0.225 e. The molecule has 3 heterocycles. The number of hydrogen-bond acceptors (Lipinski definition) is 6. The predicted molar refractivity (Wildman–Crippen MR) is 107 cm³/mol. The highest BCUT2D eigenvalue weighted by Gasteiger charge is 2.33. The number of anilines is 1. The molecule has 7 nitrogen and oxygen atoms in total. The summed E-state index contributed by atoms with van der Waals surface area (Å²) in [7, 11) is -3.39. The van der Waals surface area contributed by atoms with Crippen molar-refractivity contribution in [2.45, 2.75) is 62.2 Å². The first kappa shape index (κ1) is 19.6. The number of sulfone groups is 1. The monoisotopic (exact) mass is 406 g/mol. The number of carbonyl (C=O) groups is 1. The quantitative estimate of drug-likeness (QED) is 0.763. The fraction of sp³-hybridized carbons (Fsp3) is 0.750. The molecule has 2 aliphatic heterocycles. The zero-order valence-electron chi connectivity index (χ0n) is 16.6. The molecule has 0 aromatic carbocycles. The molecule has 0 spiro atoms. The van der Waals surface area contributed by atoms with Crippen molar-refractivity contribution in [1.29, 1.82) is 0 Å². The van der Waals surface area contributed by atoms with E-state index in [1.807, 2.05) is 4.90 Å². The van der Waals surface area contributed by atoms with Crippen molar-refractivity contribution in [3.8, 4) is 0 Å². The molecule has 0 radical (unpaired) electrons. The zero-order chi connectivity index (χ0) is 19.7. The molecule has 3 fully saturated rings. The highest BCUT2D eigenvalue weighted by molar-refractivity contribution is 7.90. The molecular formula is C20H30N4O3S. The van der Waals surface area contributed by atoms with Crippen molar-refractivity contribution in [3.05, 3.63) is 11.9 Å². The Hall–Kier alpha value is -1.70. The average Bonchev–Trinajstić information content (AvgIpc) is 3.40. The highest BCUT2D eigenvalue weighted by atomic mass is 32.2. The van der Waals surface area contributed by atoms with Crippen LogP contribution in [0, 0.1) is 5.92 Å². The van der Waals surface area contributed by atoms with Crippen LogP contribution in [0.1, 0.15) is 63.0 Å². The molecule has 1 amide bonds. The summed E-state index contributed by atoms with van der Waals surface area (Å²) in [4.78, 5) is 26.1. The van der Waals surface area contributed by atoms with E-state index in [2.05, 4.69) is 9.88 Å². The van der Waals surface area contributed by atoms with Crippen molar-refractivity contribution in [2.75, 3.05) is 37.3 Å². The second kappa shape index (κ2) is 7.97. The van der Waals surface area contributed by atoms with Gasteiger partial charge in [0.15, 0.2) is 9.84 Å². The maximum Gasteiger partial charge on any atom is 0.225 e. The van der Waals surface area contributed by atoms with Gasteiger partial charge < -0.3 is 9.80 Å². The summed E-state index contributed by atoms with van der Waals surface area (Å²) in [6, 6.07) is 0. The number of carbonyl (C=O) groups excluding carboxylic acids is 1. The Morgan fingerprint density at radius 1 is 1.00 bits per heavy atom. The van der Waals surface area contributed by atoms with Crippen LogP contribution in [0.25, 0.3) is 0 Å². The molecule has 3 aliphatic rings. The fourth-order valence-electron chi connectivity index (χ4n) is 4.83. The van der Waals surface area contributed by atoms with Crippen molar-refractivity contribution >= 4 is 21.7 Å². The van der Waals surface area contributed by atoms with Gasteiger partial charge in [0.05, 0.1) is 11.9 Å². The van der Waals surface area contributed by atoms with E-state index in [0.29, 0.717) is 30.6 Å². The summed E-state index contributed by atoms with van der Waals surface area (Å²) in [5.41, 5.74) is 0.646. The van der Waals surface area contributed by atoms with Gasteiger partial charge in [0.25, 0.3) is 0 Å². The van der Waals surface area contributed by atoms with Gasteiger partial charge in [-0.05, 0) is 38.5 Å². The summed E-state index contributed by atoms with van der Waals surface area (Å²) in [5, 5.41) is 0. The first-order chi connectivity index (χ1) is 13.4. The highest BCUT2D eigenvalue weighted by Crippen LogP contribution is 2.34. The van der Waals surface area contributed by atoms with E-state index in [1.54, 1.807) is 0 Å². The maximum atomic E-state index is 12.7. The number of rotatable bonds is 4. The molecule has 1 saturated carbocycles. The van der Waals surface area contributed by atoms with Gasteiger partial charge in [-0.2, -0.15) is 0 Å². The van der Waals surface area contributed by atoms with Gasteiger partial charge in [-0.25, -0.2) is 18.4 Å². The van der Waals surface area contributed by atoms with Crippen molar-refractivity contribution < 1.29 is 13.2 Å². The van der Waals surface area contributed by atoms with E-state index >= 15 is 0 Å². The molecule has 8 heteroatoms. The maximum absolute atomic E-state index is 12.7. The zero-order valence-corrected chi connectivity index (χ0v) is 17.5. The normalized spacial score (nSPS) is 22.2. The van der Waals surface area contributed by atoms with E-state index in [0.717, 1.165) is 64.5 Å². The molecular weight excluding hydrogens is 376 g/mol. The molecule has 4 rings (SSSR count). The van der Waals surface area contributed by atoms with E-state index in [9.17, 15) is 13.2 Å². The van der Waals surface area contributed by atoms with Crippen LogP contribution in [0.3, 0.4) is 0 Å². The molecule has 0 unspecified atom stereocenters. The second-order valence-corrected chi connectivity index (χ2v) is 10.5. The number of piperidine rings is 1. The van der Waals surface area contributed by atoms with Gasteiger partial charge in [-0.3, -0.25) is 4.79 Å². The third-order valence-corrected chi connectivity index (χ3v) is 7.57. The lowest BCUT2D eigenvalue weighted by Gasteiger charge is -2.34. The van der Waals surface area contributed by atoms with E-state index < -0.39 is 9.84 Å². The lowest BCUT2D eigenvalue weighted by atomic mass is 9.92. The Morgan fingerprint density at radius 3 is 2.25 bits per heavy atom. The Morgan fingerprint density at radius 2 is 1.64 bits per heavy atom. The Bertz CT molecular complexity index is 822. The number of amides is 1. The standard InChI is InChI=1S/C20H30N4O3S/c1-28(26,27)17-14-21-20(24-10-4-5-11-24)22-18(17)15-8-12-23(13-9-15)19(25)16-6-2-3-7-16/h14-16H,2-13H2,1H3. The Balaban J connectivity index is 1.52.